The molecule has 0 aliphatic heterocycles. The fraction of sp³-hybridized carbons (Fsp3) is 0. The van der Waals surface area contributed by atoms with E-state index in [2.05, 4.69) is 41.8 Å². The summed E-state index contributed by atoms with van der Waals surface area (Å²) in [7, 11) is 0. The number of hydrogen-bond donors (Lipinski definition) is 2. The molecule has 0 amide bonds. The maximum atomic E-state index is 13.1. The number of phenols is 1. The average molecular weight is 386 g/mol. The van der Waals surface area contributed by atoms with Crippen LogP contribution < -0.4 is 0 Å². The van der Waals surface area contributed by atoms with Gasteiger partial charge >= 0.3 is 0 Å². The van der Waals surface area contributed by atoms with Gasteiger partial charge in [0.2, 0.25) is 0 Å². The van der Waals surface area contributed by atoms with Crippen molar-refractivity contribution in [3.8, 4) is 17.1 Å². The number of nitrogens with zero attached hydrogens (tertiary/aromatic N) is 1. The zero-order chi connectivity index (χ0) is 13.6. The van der Waals surface area contributed by atoms with E-state index >= 15 is 0 Å². The molecule has 96 valence electrons. The van der Waals surface area contributed by atoms with E-state index in [1.165, 1.54) is 12.1 Å². The molecule has 0 spiro atoms. The molecule has 3 nitrogen and oxygen atoms in total. The molecule has 6 heteroatoms. The van der Waals surface area contributed by atoms with Crippen LogP contribution in [0.15, 0.2) is 39.3 Å². The molecule has 3 aromatic rings. The van der Waals surface area contributed by atoms with Crippen LogP contribution >= 0.6 is 31.9 Å². The quantitative estimate of drug-likeness (QED) is 0.643. The van der Waals surface area contributed by atoms with Crippen LogP contribution in [0.1, 0.15) is 0 Å². The standard InChI is InChI=1S/C13H7Br2FN2O/c14-6-3-8(15)12(11(19)4-6)13-17-9-2-1-7(16)5-10(9)18-13/h1-5,19H,(H,17,18). The molecule has 0 saturated heterocycles. The molecule has 2 N–H and O–H groups in total. The summed E-state index contributed by atoms with van der Waals surface area (Å²) in [6, 6.07) is 7.70. The highest BCUT2D eigenvalue weighted by Gasteiger charge is 2.14. The van der Waals surface area contributed by atoms with E-state index in [1.807, 2.05) is 6.07 Å². The zero-order valence-electron chi connectivity index (χ0n) is 9.42. The third-order valence-electron chi connectivity index (χ3n) is 2.71. The van der Waals surface area contributed by atoms with Gasteiger partial charge in [-0.3, -0.25) is 0 Å². The van der Waals surface area contributed by atoms with E-state index in [0.29, 0.717) is 26.9 Å². The third kappa shape index (κ3) is 2.26. The van der Waals surface area contributed by atoms with Gasteiger partial charge in [0.1, 0.15) is 17.4 Å². The Balaban J connectivity index is 2.24. The summed E-state index contributed by atoms with van der Waals surface area (Å²) in [6.07, 6.45) is 0. The fourth-order valence-corrected chi connectivity index (χ4v) is 3.29. The molecule has 0 saturated carbocycles. The van der Waals surface area contributed by atoms with Crippen LogP contribution in [0.2, 0.25) is 0 Å². The Morgan fingerprint density at radius 2 is 1.95 bits per heavy atom. The number of rotatable bonds is 1. The minimum Gasteiger partial charge on any atom is -0.507 e. The number of imidazole rings is 1. The molecule has 0 aliphatic carbocycles. The second kappa shape index (κ2) is 4.61. The lowest BCUT2D eigenvalue weighted by Crippen LogP contribution is -1.84. The first-order chi connectivity index (χ1) is 9.04. The summed E-state index contributed by atoms with van der Waals surface area (Å²) in [5.41, 5.74) is 1.77. The van der Waals surface area contributed by atoms with Gasteiger partial charge < -0.3 is 10.1 Å². The van der Waals surface area contributed by atoms with E-state index in [-0.39, 0.29) is 11.6 Å². The Morgan fingerprint density at radius 1 is 1.16 bits per heavy atom. The number of benzene rings is 2. The Labute approximate surface area is 124 Å². The highest BCUT2D eigenvalue weighted by molar-refractivity contribution is 9.11. The van der Waals surface area contributed by atoms with E-state index in [1.54, 1.807) is 12.1 Å². The highest BCUT2D eigenvalue weighted by atomic mass is 79.9. The monoisotopic (exact) mass is 384 g/mol. The molecule has 0 unspecified atom stereocenters. The van der Waals surface area contributed by atoms with Crippen molar-refractivity contribution in [1.29, 1.82) is 0 Å². The average Bonchev–Trinajstić information content (AvgIpc) is 2.69. The number of phenolic OH excluding ortho intramolecular Hbond substituents is 1. The second-order valence-corrected chi connectivity index (χ2v) is 5.80. The van der Waals surface area contributed by atoms with Crippen molar-refractivity contribution in [3.05, 3.63) is 45.1 Å². The van der Waals surface area contributed by atoms with Crippen molar-refractivity contribution in [2.24, 2.45) is 0 Å². The van der Waals surface area contributed by atoms with Crippen molar-refractivity contribution in [2.45, 2.75) is 0 Å². The normalized spacial score (nSPS) is 11.1. The van der Waals surface area contributed by atoms with E-state index < -0.39 is 0 Å². The third-order valence-corrected chi connectivity index (χ3v) is 3.80. The summed E-state index contributed by atoms with van der Waals surface area (Å²) in [6.45, 7) is 0. The first kappa shape index (κ1) is 12.6. The van der Waals surface area contributed by atoms with Gasteiger partial charge in [-0.05, 0) is 46.3 Å². The highest BCUT2D eigenvalue weighted by Crippen LogP contribution is 2.37. The minimum absolute atomic E-state index is 0.0841. The maximum absolute atomic E-state index is 13.1. The van der Waals surface area contributed by atoms with Crippen molar-refractivity contribution in [3.63, 3.8) is 0 Å². The number of aromatic hydroxyl groups is 1. The van der Waals surface area contributed by atoms with Crippen LogP contribution in [0.3, 0.4) is 0 Å². The number of fused-ring (bicyclic) bond motifs is 1. The van der Waals surface area contributed by atoms with Gasteiger partial charge in [0.15, 0.2) is 0 Å². The Hall–Kier alpha value is -1.40. The molecular weight excluding hydrogens is 379 g/mol. The molecule has 0 aliphatic rings. The van der Waals surface area contributed by atoms with Gasteiger partial charge in [0.25, 0.3) is 0 Å². The van der Waals surface area contributed by atoms with Crippen LogP contribution in [0.5, 0.6) is 5.75 Å². The van der Waals surface area contributed by atoms with E-state index in [9.17, 15) is 9.50 Å². The van der Waals surface area contributed by atoms with Crippen LogP contribution in [-0.2, 0) is 0 Å². The lowest BCUT2D eigenvalue weighted by atomic mass is 10.2. The smallest absolute Gasteiger partial charge is 0.143 e. The predicted molar refractivity (Wildman–Crippen MR) is 78.6 cm³/mol. The van der Waals surface area contributed by atoms with Crippen molar-refractivity contribution >= 4 is 42.9 Å². The summed E-state index contributed by atoms with van der Waals surface area (Å²) in [5.74, 6) is 0.236. The number of H-pyrrole nitrogens is 1. The molecule has 1 aromatic heterocycles. The van der Waals surface area contributed by atoms with Gasteiger partial charge in [0, 0.05) is 8.95 Å². The van der Waals surface area contributed by atoms with Crippen LogP contribution in [0.4, 0.5) is 4.39 Å². The summed E-state index contributed by atoms with van der Waals surface area (Å²) in [4.78, 5) is 7.35. The molecular formula is C13H7Br2FN2O. The van der Waals surface area contributed by atoms with Crippen molar-refractivity contribution in [2.75, 3.05) is 0 Å². The number of halogens is 3. The summed E-state index contributed by atoms with van der Waals surface area (Å²) in [5, 5.41) is 10.0. The first-order valence-electron chi connectivity index (χ1n) is 5.38. The Morgan fingerprint density at radius 3 is 2.68 bits per heavy atom. The summed E-state index contributed by atoms with van der Waals surface area (Å²) >= 11 is 6.68. The van der Waals surface area contributed by atoms with Crippen molar-refractivity contribution < 1.29 is 9.50 Å². The number of nitrogens with one attached hydrogen (secondary N) is 1. The molecule has 2 aromatic carbocycles. The molecule has 3 rings (SSSR count). The van der Waals surface area contributed by atoms with Gasteiger partial charge in [-0.2, -0.15) is 0 Å². The van der Waals surface area contributed by atoms with Gasteiger partial charge in [-0.1, -0.05) is 15.9 Å². The van der Waals surface area contributed by atoms with Crippen LogP contribution in [0, 0.1) is 5.82 Å². The lowest BCUT2D eigenvalue weighted by Gasteiger charge is -2.05. The predicted octanol–water partition coefficient (Wildman–Crippen LogP) is 4.60. The van der Waals surface area contributed by atoms with Gasteiger partial charge in [0.05, 0.1) is 16.6 Å². The van der Waals surface area contributed by atoms with E-state index in [4.69, 9.17) is 0 Å². The second-order valence-electron chi connectivity index (χ2n) is 4.03. The molecule has 19 heavy (non-hydrogen) atoms. The van der Waals surface area contributed by atoms with E-state index in [0.717, 1.165) is 4.47 Å². The largest absolute Gasteiger partial charge is 0.507 e. The van der Waals surface area contributed by atoms with Crippen LogP contribution in [-0.4, -0.2) is 15.1 Å². The molecule has 0 radical (unpaired) electrons. The zero-order valence-corrected chi connectivity index (χ0v) is 12.6. The molecule has 0 atom stereocenters. The topological polar surface area (TPSA) is 48.9 Å². The van der Waals surface area contributed by atoms with Crippen LogP contribution in [0.25, 0.3) is 22.4 Å². The lowest BCUT2D eigenvalue weighted by molar-refractivity contribution is 0.476. The summed E-state index contributed by atoms with van der Waals surface area (Å²) < 4.78 is 14.6. The minimum atomic E-state index is -0.332. The molecule has 0 bridgehead atoms. The molecule has 0 fully saturated rings. The fourth-order valence-electron chi connectivity index (χ4n) is 1.89. The Kier molecular flexibility index (Phi) is 3.06. The number of hydrogen-bond acceptors (Lipinski definition) is 2. The maximum Gasteiger partial charge on any atom is 0.143 e. The SMILES string of the molecule is Oc1cc(Br)cc(Br)c1-c1nc2ccc(F)cc2[nH]1. The molecule has 1 heterocycles. The van der Waals surface area contributed by atoms with Gasteiger partial charge in [-0.25, -0.2) is 9.37 Å². The van der Waals surface area contributed by atoms with Crippen molar-refractivity contribution in [1.82, 2.24) is 9.97 Å². The number of aromatic amines is 1. The number of aromatic nitrogens is 2. The first-order valence-corrected chi connectivity index (χ1v) is 6.97. The van der Waals surface area contributed by atoms with Gasteiger partial charge in [-0.15, -0.1) is 0 Å². The Bertz CT molecular complexity index is 762.